The Bertz CT molecular complexity index is 883. The monoisotopic (exact) mass is 423 g/mol. The van der Waals surface area contributed by atoms with Crippen LogP contribution in [0.25, 0.3) is 0 Å². The molecule has 2 aliphatic heterocycles. The fourth-order valence-electron chi connectivity index (χ4n) is 4.65. The Hall–Kier alpha value is -2.73. The van der Waals surface area contributed by atoms with Gasteiger partial charge in [-0.1, -0.05) is 12.1 Å². The third-order valence-electron chi connectivity index (χ3n) is 6.86. The highest BCUT2D eigenvalue weighted by Gasteiger charge is 2.27. The summed E-state index contributed by atoms with van der Waals surface area (Å²) in [5.41, 5.74) is 5.26. The summed E-state index contributed by atoms with van der Waals surface area (Å²) in [7, 11) is 1.69. The lowest BCUT2D eigenvalue weighted by Crippen LogP contribution is -3.16. The minimum Gasteiger partial charge on any atom is -0.497 e. The summed E-state index contributed by atoms with van der Waals surface area (Å²) in [6.07, 6.45) is 0. The molecule has 0 unspecified atom stereocenters. The summed E-state index contributed by atoms with van der Waals surface area (Å²) in [4.78, 5) is 21.2. The van der Waals surface area contributed by atoms with Gasteiger partial charge in [0.25, 0.3) is 5.91 Å². The average molecular weight is 424 g/mol. The van der Waals surface area contributed by atoms with Gasteiger partial charge in [0.05, 0.1) is 33.3 Å². The van der Waals surface area contributed by atoms with Crippen LogP contribution in [0.5, 0.6) is 5.75 Å². The van der Waals surface area contributed by atoms with Crippen LogP contribution < -0.4 is 19.4 Å². The third-order valence-corrected chi connectivity index (χ3v) is 6.86. The molecule has 2 aliphatic rings. The predicted octanol–water partition coefficient (Wildman–Crippen LogP) is 1.37. The Labute approximate surface area is 186 Å². The number of methoxy groups -OCH3 is 1. The van der Waals surface area contributed by atoms with Crippen molar-refractivity contribution in [2.75, 3.05) is 75.8 Å². The summed E-state index contributed by atoms with van der Waals surface area (Å²) < 4.78 is 5.24. The van der Waals surface area contributed by atoms with Gasteiger partial charge in [0.1, 0.15) is 5.75 Å². The standard InChI is InChI=1S/C25H34N4O2/c1-20-5-4-6-24(21(20)2)28-13-11-26(12-14-28)19-25(30)29-17-15-27(16-18-29)22-7-9-23(31-3)10-8-22/h4-10H,11-19H2,1-3H3/p+1. The summed E-state index contributed by atoms with van der Waals surface area (Å²) >= 11 is 0. The molecule has 2 saturated heterocycles. The van der Waals surface area contributed by atoms with Gasteiger partial charge in [-0.2, -0.15) is 0 Å². The van der Waals surface area contributed by atoms with Crippen molar-refractivity contribution in [1.82, 2.24) is 4.90 Å². The molecule has 0 aromatic heterocycles. The number of quaternary nitrogens is 1. The second kappa shape index (κ2) is 9.60. The largest absolute Gasteiger partial charge is 0.497 e. The fraction of sp³-hybridized carbons (Fsp3) is 0.480. The van der Waals surface area contributed by atoms with E-state index in [2.05, 4.69) is 54.0 Å². The predicted molar refractivity (Wildman–Crippen MR) is 125 cm³/mol. The van der Waals surface area contributed by atoms with Crippen LogP contribution in [0, 0.1) is 13.8 Å². The van der Waals surface area contributed by atoms with Gasteiger partial charge < -0.3 is 24.3 Å². The van der Waals surface area contributed by atoms with Gasteiger partial charge in [0.15, 0.2) is 6.54 Å². The first-order chi connectivity index (χ1) is 15.0. The highest BCUT2D eigenvalue weighted by molar-refractivity contribution is 5.77. The molecular formula is C25H35N4O2+. The quantitative estimate of drug-likeness (QED) is 0.789. The number of carbonyl (C=O) groups excluding carboxylic acids is 1. The number of amides is 1. The first-order valence-corrected chi connectivity index (χ1v) is 11.4. The molecule has 2 fully saturated rings. The summed E-state index contributed by atoms with van der Waals surface area (Å²) in [5, 5.41) is 0. The van der Waals surface area contributed by atoms with Crippen LogP contribution in [0.2, 0.25) is 0 Å². The number of benzene rings is 2. The van der Waals surface area contributed by atoms with Crippen LogP contribution in [0.1, 0.15) is 11.1 Å². The van der Waals surface area contributed by atoms with E-state index in [4.69, 9.17) is 4.74 Å². The van der Waals surface area contributed by atoms with Crippen LogP contribution in [0.4, 0.5) is 11.4 Å². The van der Waals surface area contributed by atoms with Crippen LogP contribution in [0.15, 0.2) is 42.5 Å². The maximum Gasteiger partial charge on any atom is 0.277 e. The van der Waals surface area contributed by atoms with Crippen molar-refractivity contribution in [3.05, 3.63) is 53.6 Å². The van der Waals surface area contributed by atoms with Gasteiger partial charge in [-0.05, 0) is 55.3 Å². The van der Waals surface area contributed by atoms with E-state index in [0.717, 1.165) is 58.1 Å². The smallest absolute Gasteiger partial charge is 0.277 e. The molecule has 6 nitrogen and oxygen atoms in total. The molecule has 31 heavy (non-hydrogen) atoms. The van der Waals surface area contributed by atoms with E-state index in [1.807, 2.05) is 17.0 Å². The number of nitrogens with zero attached hydrogens (tertiary/aromatic N) is 3. The molecule has 4 rings (SSSR count). The van der Waals surface area contributed by atoms with E-state index < -0.39 is 0 Å². The van der Waals surface area contributed by atoms with E-state index in [-0.39, 0.29) is 0 Å². The average Bonchev–Trinajstić information content (AvgIpc) is 2.82. The molecule has 0 radical (unpaired) electrons. The van der Waals surface area contributed by atoms with Gasteiger partial charge in [-0.25, -0.2) is 0 Å². The van der Waals surface area contributed by atoms with Crippen molar-refractivity contribution in [2.24, 2.45) is 0 Å². The number of piperazine rings is 2. The number of ether oxygens (including phenoxy) is 1. The zero-order valence-electron chi connectivity index (χ0n) is 19.1. The summed E-state index contributed by atoms with van der Waals surface area (Å²) in [5.74, 6) is 1.17. The van der Waals surface area contributed by atoms with Gasteiger partial charge in [0.2, 0.25) is 0 Å². The normalized spacial score (nSPS) is 17.7. The van der Waals surface area contributed by atoms with Crippen molar-refractivity contribution in [1.29, 1.82) is 0 Å². The highest BCUT2D eigenvalue weighted by atomic mass is 16.5. The Balaban J connectivity index is 1.24. The van der Waals surface area contributed by atoms with Crippen molar-refractivity contribution >= 4 is 17.3 Å². The molecule has 166 valence electrons. The van der Waals surface area contributed by atoms with E-state index in [9.17, 15) is 4.79 Å². The Kier molecular flexibility index (Phi) is 6.66. The molecule has 2 heterocycles. The van der Waals surface area contributed by atoms with E-state index in [1.54, 1.807) is 7.11 Å². The van der Waals surface area contributed by atoms with Crippen molar-refractivity contribution in [2.45, 2.75) is 13.8 Å². The second-order valence-electron chi connectivity index (χ2n) is 8.70. The molecule has 0 atom stereocenters. The lowest BCUT2D eigenvalue weighted by Gasteiger charge is -2.38. The first-order valence-electron chi connectivity index (χ1n) is 11.4. The van der Waals surface area contributed by atoms with Gasteiger partial charge in [-0.3, -0.25) is 4.79 Å². The van der Waals surface area contributed by atoms with E-state index in [1.165, 1.54) is 27.4 Å². The van der Waals surface area contributed by atoms with E-state index >= 15 is 0 Å². The lowest BCUT2D eigenvalue weighted by molar-refractivity contribution is -0.892. The van der Waals surface area contributed by atoms with Crippen molar-refractivity contribution < 1.29 is 14.4 Å². The van der Waals surface area contributed by atoms with Crippen molar-refractivity contribution in [3.63, 3.8) is 0 Å². The minimum absolute atomic E-state index is 0.296. The molecule has 0 aliphatic carbocycles. The molecule has 0 saturated carbocycles. The van der Waals surface area contributed by atoms with Crippen LogP contribution in [-0.4, -0.2) is 76.8 Å². The summed E-state index contributed by atoms with van der Waals surface area (Å²) in [6, 6.07) is 14.7. The SMILES string of the molecule is COc1ccc(N2CCN(C(=O)C[NH+]3CCN(c4cccc(C)c4C)CC3)CC2)cc1. The molecule has 2 aromatic rings. The molecule has 1 amide bonds. The number of hydrogen-bond acceptors (Lipinski definition) is 4. The minimum atomic E-state index is 0.296. The summed E-state index contributed by atoms with van der Waals surface area (Å²) in [6.45, 7) is 12.4. The number of carbonyl (C=O) groups is 1. The zero-order valence-corrected chi connectivity index (χ0v) is 19.1. The Morgan fingerprint density at radius 1 is 0.903 bits per heavy atom. The highest BCUT2D eigenvalue weighted by Crippen LogP contribution is 2.23. The van der Waals surface area contributed by atoms with Crippen molar-refractivity contribution in [3.8, 4) is 5.75 Å². The van der Waals surface area contributed by atoms with Crippen LogP contribution >= 0.6 is 0 Å². The molecule has 2 aromatic carbocycles. The Morgan fingerprint density at radius 3 is 2.23 bits per heavy atom. The zero-order chi connectivity index (χ0) is 21.8. The fourth-order valence-corrected chi connectivity index (χ4v) is 4.65. The van der Waals surface area contributed by atoms with E-state index in [0.29, 0.717) is 12.5 Å². The number of hydrogen-bond donors (Lipinski definition) is 1. The number of aryl methyl sites for hydroxylation is 1. The maximum absolute atomic E-state index is 12.9. The Morgan fingerprint density at radius 2 is 1.58 bits per heavy atom. The molecule has 1 N–H and O–H groups in total. The van der Waals surface area contributed by atoms with Crippen LogP contribution in [0.3, 0.4) is 0 Å². The first kappa shape index (κ1) is 21.5. The number of anilines is 2. The lowest BCUT2D eigenvalue weighted by atomic mass is 10.1. The molecule has 6 heteroatoms. The second-order valence-corrected chi connectivity index (χ2v) is 8.70. The number of nitrogens with one attached hydrogen (secondary N) is 1. The third kappa shape index (κ3) is 4.96. The topological polar surface area (TPSA) is 40.5 Å². The van der Waals surface area contributed by atoms with Gasteiger partial charge in [0, 0.05) is 37.6 Å². The number of rotatable bonds is 5. The maximum atomic E-state index is 12.9. The van der Waals surface area contributed by atoms with Crippen LogP contribution in [-0.2, 0) is 4.79 Å². The van der Waals surface area contributed by atoms with Gasteiger partial charge in [-0.15, -0.1) is 0 Å². The van der Waals surface area contributed by atoms with Gasteiger partial charge >= 0.3 is 0 Å². The molecule has 0 spiro atoms. The molecule has 0 bridgehead atoms. The molecular weight excluding hydrogens is 388 g/mol.